The van der Waals surface area contributed by atoms with Crippen LogP contribution in [0.1, 0.15) is 5.56 Å². The highest BCUT2D eigenvalue weighted by atomic mass is 32.2. The molecule has 0 saturated carbocycles. The summed E-state index contributed by atoms with van der Waals surface area (Å²) in [6.07, 6.45) is 0. The summed E-state index contributed by atoms with van der Waals surface area (Å²) in [6.45, 7) is 3.33. The third-order valence-electron chi connectivity index (χ3n) is 5.91. The van der Waals surface area contributed by atoms with E-state index >= 15 is 0 Å². The van der Waals surface area contributed by atoms with Crippen LogP contribution in [0, 0.1) is 5.82 Å². The normalized spacial score (nSPS) is 13.9. The summed E-state index contributed by atoms with van der Waals surface area (Å²) >= 11 is 7.29. The maximum atomic E-state index is 13.2. The van der Waals surface area contributed by atoms with Gasteiger partial charge in [-0.05, 0) is 42.0 Å². The lowest BCUT2D eigenvalue weighted by molar-refractivity contribution is 0.397. The number of hydrogen-bond donors (Lipinski definition) is 1. The van der Waals surface area contributed by atoms with Crippen molar-refractivity contribution in [1.29, 1.82) is 0 Å². The van der Waals surface area contributed by atoms with Crippen LogP contribution in [0.2, 0.25) is 0 Å². The van der Waals surface area contributed by atoms with Gasteiger partial charge in [-0.2, -0.15) is 0 Å². The fourth-order valence-electron chi connectivity index (χ4n) is 4.04. The average Bonchev–Trinajstić information content (AvgIpc) is 2.88. The number of aromatic nitrogens is 2. The third-order valence-corrected chi connectivity index (χ3v) is 7.50. The van der Waals surface area contributed by atoms with Gasteiger partial charge in [0.25, 0.3) is 5.56 Å². The second-order valence-electron chi connectivity index (χ2n) is 8.14. The van der Waals surface area contributed by atoms with Crippen LogP contribution >= 0.6 is 24.0 Å². The van der Waals surface area contributed by atoms with Crippen LogP contribution in [0.25, 0.3) is 22.3 Å². The third kappa shape index (κ3) is 4.98. The Bertz CT molecular complexity index is 1370. The molecule has 5 rings (SSSR count). The summed E-state index contributed by atoms with van der Waals surface area (Å²) < 4.78 is 14.0. The quantitative estimate of drug-likeness (QED) is 0.403. The smallest absolute Gasteiger partial charge is 0.259 e. The van der Waals surface area contributed by atoms with E-state index in [-0.39, 0.29) is 11.4 Å². The molecule has 0 atom stereocenters. The molecule has 2 heterocycles. The number of H-pyrrole nitrogens is 1. The molecule has 1 saturated heterocycles. The van der Waals surface area contributed by atoms with Gasteiger partial charge in [0.2, 0.25) is 0 Å². The van der Waals surface area contributed by atoms with Crippen molar-refractivity contribution in [3.8, 4) is 11.4 Å². The number of thiocarbonyl (C=S) groups is 1. The number of aromatic amines is 1. The van der Waals surface area contributed by atoms with Crippen LogP contribution in [0.15, 0.2) is 77.6 Å². The fourth-order valence-corrected chi connectivity index (χ4v) is 5.24. The number of fused-ring (bicyclic) bond motifs is 1. The largest absolute Gasteiger partial charge is 0.368 e. The van der Waals surface area contributed by atoms with Crippen LogP contribution in [-0.4, -0.2) is 45.4 Å². The van der Waals surface area contributed by atoms with Crippen molar-refractivity contribution in [2.75, 3.05) is 31.1 Å². The Kier molecular flexibility index (Phi) is 6.60. The second kappa shape index (κ2) is 9.95. The monoisotopic (exact) mass is 490 g/mol. The van der Waals surface area contributed by atoms with Gasteiger partial charge in [0, 0.05) is 43.2 Å². The van der Waals surface area contributed by atoms with Gasteiger partial charge < -0.3 is 14.8 Å². The standard InChI is InChI=1S/C26H23FN4OS2/c27-20-7-9-21(10-8-20)30-12-14-31(15-13-30)26(33)34-17-18-6-11-23-22(16-18)25(32)29-24(28-23)19-4-2-1-3-5-19/h1-11,16H,12-15,17H2,(H,28,29,32). The van der Waals surface area contributed by atoms with E-state index in [0.29, 0.717) is 22.5 Å². The molecule has 1 fully saturated rings. The van der Waals surface area contributed by atoms with Crippen LogP contribution in [0.3, 0.4) is 0 Å². The number of nitrogens with zero attached hydrogens (tertiary/aromatic N) is 3. The zero-order chi connectivity index (χ0) is 23.5. The molecule has 3 aromatic carbocycles. The molecule has 1 aliphatic rings. The van der Waals surface area contributed by atoms with Crippen molar-refractivity contribution >= 4 is 44.9 Å². The van der Waals surface area contributed by atoms with E-state index in [1.165, 1.54) is 12.1 Å². The van der Waals surface area contributed by atoms with Crippen molar-refractivity contribution in [3.05, 3.63) is 94.5 Å². The van der Waals surface area contributed by atoms with Crippen LogP contribution in [0.5, 0.6) is 0 Å². The summed E-state index contributed by atoms with van der Waals surface area (Å²) in [7, 11) is 0. The van der Waals surface area contributed by atoms with E-state index in [2.05, 4.69) is 19.8 Å². The molecule has 4 aromatic rings. The number of halogens is 1. The van der Waals surface area contributed by atoms with Crippen molar-refractivity contribution in [2.24, 2.45) is 0 Å². The van der Waals surface area contributed by atoms with Crippen LogP contribution in [-0.2, 0) is 5.75 Å². The molecule has 1 aliphatic heterocycles. The molecule has 0 radical (unpaired) electrons. The van der Waals surface area contributed by atoms with Crippen molar-refractivity contribution in [2.45, 2.75) is 5.75 Å². The maximum Gasteiger partial charge on any atom is 0.259 e. The summed E-state index contributed by atoms with van der Waals surface area (Å²) in [6, 6.07) is 22.1. The fraction of sp³-hybridized carbons (Fsp3) is 0.192. The van der Waals surface area contributed by atoms with Crippen molar-refractivity contribution < 1.29 is 4.39 Å². The van der Waals surface area contributed by atoms with Gasteiger partial charge in [-0.25, -0.2) is 9.37 Å². The molecule has 0 aliphatic carbocycles. The molecule has 8 heteroatoms. The molecule has 5 nitrogen and oxygen atoms in total. The SMILES string of the molecule is O=c1[nH]c(-c2ccccc2)nc2ccc(CSC(=S)N3CCN(c4ccc(F)cc4)CC3)cc12. The lowest BCUT2D eigenvalue weighted by Gasteiger charge is -2.37. The minimum absolute atomic E-state index is 0.143. The molecule has 172 valence electrons. The van der Waals surface area contributed by atoms with Crippen LogP contribution in [0.4, 0.5) is 10.1 Å². The highest BCUT2D eigenvalue weighted by Gasteiger charge is 2.19. The number of piperazine rings is 1. The first-order chi connectivity index (χ1) is 16.6. The number of nitrogens with one attached hydrogen (secondary N) is 1. The molecule has 0 amide bonds. The summed E-state index contributed by atoms with van der Waals surface area (Å²) in [4.78, 5) is 24.7. The first kappa shape index (κ1) is 22.6. The molecule has 0 unspecified atom stereocenters. The van der Waals surface area contributed by atoms with E-state index in [1.54, 1.807) is 11.8 Å². The predicted octanol–water partition coefficient (Wildman–Crippen LogP) is 5.07. The van der Waals surface area contributed by atoms with Gasteiger partial charge in [-0.1, -0.05) is 60.4 Å². The van der Waals surface area contributed by atoms with E-state index in [4.69, 9.17) is 12.2 Å². The van der Waals surface area contributed by atoms with Crippen molar-refractivity contribution in [3.63, 3.8) is 0 Å². The molecule has 1 N–H and O–H groups in total. The Morgan fingerprint density at radius 3 is 2.47 bits per heavy atom. The molecule has 1 aromatic heterocycles. The lowest BCUT2D eigenvalue weighted by Crippen LogP contribution is -2.47. The Morgan fingerprint density at radius 2 is 1.74 bits per heavy atom. The first-order valence-electron chi connectivity index (χ1n) is 11.1. The highest BCUT2D eigenvalue weighted by Crippen LogP contribution is 2.23. The lowest BCUT2D eigenvalue weighted by atomic mass is 10.1. The number of anilines is 1. The Hall–Kier alpha value is -3.23. The number of rotatable bonds is 4. The van der Waals surface area contributed by atoms with E-state index in [1.807, 2.05) is 60.7 Å². The van der Waals surface area contributed by atoms with E-state index in [0.717, 1.165) is 47.3 Å². The Morgan fingerprint density at radius 1 is 1.00 bits per heavy atom. The number of hydrogen-bond acceptors (Lipinski definition) is 5. The van der Waals surface area contributed by atoms with Gasteiger partial charge in [0.15, 0.2) is 0 Å². The molecule has 0 spiro atoms. The molecular formula is C26H23FN4OS2. The summed E-state index contributed by atoms with van der Waals surface area (Å²) in [5, 5.41) is 0.580. The van der Waals surface area contributed by atoms with Crippen LogP contribution < -0.4 is 10.5 Å². The predicted molar refractivity (Wildman–Crippen MR) is 142 cm³/mol. The zero-order valence-corrected chi connectivity index (χ0v) is 20.0. The Balaban J connectivity index is 1.21. The number of thioether (sulfide) groups is 1. The first-order valence-corrected chi connectivity index (χ1v) is 12.5. The number of benzene rings is 3. The average molecular weight is 491 g/mol. The topological polar surface area (TPSA) is 52.2 Å². The zero-order valence-electron chi connectivity index (χ0n) is 18.4. The molecular weight excluding hydrogens is 467 g/mol. The highest BCUT2D eigenvalue weighted by molar-refractivity contribution is 8.22. The van der Waals surface area contributed by atoms with Gasteiger partial charge in [0.1, 0.15) is 16.0 Å². The van der Waals surface area contributed by atoms with Gasteiger partial charge in [0.05, 0.1) is 10.9 Å². The molecule has 34 heavy (non-hydrogen) atoms. The van der Waals surface area contributed by atoms with Crippen molar-refractivity contribution in [1.82, 2.24) is 14.9 Å². The minimum Gasteiger partial charge on any atom is -0.368 e. The summed E-state index contributed by atoms with van der Waals surface area (Å²) in [5.74, 6) is 1.04. The van der Waals surface area contributed by atoms with E-state index in [9.17, 15) is 9.18 Å². The molecule has 0 bridgehead atoms. The second-order valence-corrected chi connectivity index (χ2v) is 9.75. The summed E-state index contributed by atoms with van der Waals surface area (Å²) in [5.41, 5.74) is 3.48. The Labute approximate surface area is 206 Å². The minimum atomic E-state index is -0.219. The van der Waals surface area contributed by atoms with Gasteiger partial charge in [-0.3, -0.25) is 4.79 Å². The van der Waals surface area contributed by atoms with Gasteiger partial charge >= 0.3 is 0 Å². The maximum absolute atomic E-state index is 13.2. The van der Waals surface area contributed by atoms with E-state index < -0.39 is 0 Å². The van der Waals surface area contributed by atoms with Gasteiger partial charge in [-0.15, -0.1) is 0 Å².